The summed E-state index contributed by atoms with van der Waals surface area (Å²) in [6.45, 7) is 0. The first-order valence-electron chi connectivity index (χ1n) is 9.27. The maximum Gasteiger partial charge on any atom is 0.257 e. The number of aliphatic hydroxyl groups is 1. The zero-order valence-electron chi connectivity index (χ0n) is 16.0. The second-order valence-corrected chi connectivity index (χ2v) is 7.40. The minimum Gasteiger partial charge on any atom is -0.369 e. The van der Waals surface area contributed by atoms with Crippen molar-refractivity contribution in [2.24, 2.45) is 0 Å². The molecular formula is C22H17Cl2N5O2. The third-order valence-corrected chi connectivity index (χ3v) is 5.13. The van der Waals surface area contributed by atoms with Gasteiger partial charge in [-0.2, -0.15) is 0 Å². The second kappa shape index (κ2) is 9.18. The lowest BCUT2D eigenvalue weighted by atomic mass is 10.1. The zero-order valence-corrected chi connectivity index (χ0v) is 17.5. The van der Waals surface area contributed by atoms with Crippen molar-refractivity contribution in [3.8, 4) is 11.3 Å². The first-order valence-corrected chi connectivity index (χ1v) is 10.0. The predicted molar refractivity (Wildman–Crippen MR) is 121 cm³/mol. The quantitative estimate of drug-likeness (QED) is 0.303. The summed E-state index contributed by atoms with van der Waals surface area (Å²) in [6, 6.07) is 15.4. The number of nitrogens with zero attached hydrogens (tertiary/aromatic N) is 2. The highest BCUT2D eigenvalue weighted by molar-refractivity contribution is 6.35. The number of rotatable bonds is 6. The number of imidazole rings is 1. The van der Waals surface area contributed by atoms with Gasteiger partial charge in [-0.1, -0.05) is 35.3 Å². The van der Waals surface area contributed by atoms with Crippen LogP contribution in [0, 0.1) is 0 Å². The zero-order chi connectivity index (χ0) is 21.8. The Labute approximate surface area is 188 Å². The molecule has 0 aliphatic rings. The topological polar surface area (TPSA) is 103 Å². The number of nitrogens with one attached hydrogen (secondary N) is 3. The van der Waals surface area contributed by atoms with E-state index >= 15 is 0 Å². The summed E-state index contributed by atoms with van der Waals surface area (Å²) in [5.41, 5.74) is 2.71. The molecule has 0 spiro atoms. The lowest BCUT2D eigenvalue weighted by Crippen LogP contribution is -2.14. The molecule has 156 valence electrons. The van der Waals surface area contributed by atoms with E-state index in [2.05, 4.69) is 25.6 Å². The number of halogens is 2. The van der Waals surface area contributed by atoms with Gasteiger partial charge in [0.1, 0.15) is 0 Å². The van der Waals surface area contributed by atoms with Crippen molar-refractivity contribution < 1.29 is 9.90 Å². The van der Waals surface area contributed by atoms with Crippen molar-refractivity contribution in [2.45, 2.75) is 6.23 Å². The van der Waals surface area contributed by atoms with Crippen LogP contribution < -0.4 is 10.6 Å². The van der Waals surface area contributed by atoms with Gasteiger partial charge in [-0.15, -0.1) is 0 Å². The Bertz CT molecular complexity index is 1200. The largest absolute Gasteiger partial charge is 0.369 e. The van der Waals surface area contributed by atoms with E-state index < -0.39 is 6.23 Å². The first-order chi connectivity index (χ1) is 15.0. The minimum atomic E-state index is -1.04. The van der Waals surface area contributed by atoms with E-state index in [1.165, 1.54) is 6.07 Å². The Balaban J connectivity index is 1.51. The minimum absolute atomic E-state index is 0.203. The van der Waals surface area contributed by atoms with Gasteiger partial charge in [0.15, 0.2) is 6.23 Å². The number of pyridine rings is 1. The Morgan fingerprint density at radius 2 is 1.87 bits per heavy atom. The summed E-state index contributed by atoms with van der Waals surface area (Å²) in [6.07, 6.45) is 3.82. The highest BCUT2D eigenvalue weighted by Crippen LogP contribution is 2.30. The number of aromatic amines is 1. The molecule has 31 heavy (non-hydrogen) atoms. The second-order valence-electron chi connectivity index (χ2n) is 6.59. The van der Waals surface area contributed by atoms with Crippen molar-refractivity contribution >= 4 is 40.7 Å². The molecule has 7 nitrogen and oxygen atoms in total. The Kier molecular flexibility index (Phi) is 6.18. The number of hydrogen-bond donors (Lipinski definition) is 4. The smallest absolute Gasteiger partial charge is 0.257 e. The number of benzene rings is 2. The van der Waals surface area contributed by atoms with Crippen LogP contribution in [0.2, 0.25) is 10.0 Å². The van der Waals surface area contributed by atoms with Crippen LogP contribution in [0.3, 0.4) is 0 Å². The monoisotopic (exact) mass is 453 g/mol. The van der Waals surface area contributed by atoms with Crippen molar-refractivity contribution in [1.82, 2.24) is 15.0 Å². The lowest BCUT2D eigenvalue weighted by Gasteiger charge is -2.14. The lowest BCUT2D eigenvalue weighted by molar-refractivity contribution is 0.102. The molecule has 2 heterocycles. The van der Waals surface area contributed by atoms with E-state index in [-0.39, 0.29) is 16.5 Å². The van der Waals surface area contributed by atoms with Crippen LogP contribution in [0.1, 0.15) is 22.1 Å². The number of amides is 1. The van der Waals surface area contributed by atoms with Crippen LogP contribution in [0.25, 0.3) is 11.3 Å². The maximum absolute atomic E-state index is 12.8. The van der Waals surface area contributed by atoms with Crippen molar-refractivity contribution in [3.05, 3.63) is 94.4 Å². The average molecular weight is 454 g/mol. The molecule has 2 aromatic heterocycles. The van der Waals surface area contributed by atoms with Gasteiger partial charge in [-0.3, -0.25) is 9.78 Å². The maximum atomic E-state index is 12.8. The fourth-order valence-corrected chi connectivity index (χ4v) is 3.45. The van der Waals surface area contributed by atoms with Gasteiger partial charge >= 0.3 is 0 Å². The van der Waals surface area contributed by atoms with Crippen molar-refractivity contribution in [1.29, 1.82) is 0 Å². The fourth-order valence-electron chi connectivity index (χ4n) is 2.96. The number of H-pyrrole nitrogens is 1. The molecule has 4 N–H and O–H groups in total. The van der Waals surface area contributed by atoms with Crippen LogP contribution in [0.15, 0.2) is 73.2 Å². The molecule has 4 aromatic rings. The highest BCUT2D eigenvalue weighted by Gasteiger charge is 2.16. The van der Waals surface area contributed by atoms with E-state index in [1.807, 2.05) is 18.2 Å². The van der Waals surface area contributed by atoms with Gasteiger partial charge in [0.25, 0.3) is 5.91 Å². The molecule has 1 unspecified atom stereocenters. The molecule has 2 aromatic carbocycles. The third-order valence-electron chi connectivity index (χ3n) is 4.49. The van der Waals surface area contributed by atoms with Gasteiger partial charge in [-0.25, -0.2) is 4.98 Å². The summed E-state index contributed by atoms with van der Waals surface area (Å²) in [7, 11) is 0. The van der Waals surface area contributed by atoms with Crippen molar-refractivity contribution in [3.63, 3.8) is 0 Å². The van der Waals surface area contributed by atoms with E-state index in [4.69, 9.17) is 23.2 Å². The normalized spacial score (nSPS) is 11.7. The van der Waals surface area contributed by atoms with E-state index in [9.17, 15) is 9.90 Å². The summed E-state index contributed by atoms with van der Waals surface area (Å²) in [4.78, 5) is 23.9. The Morgan fingerprint density at radius 1 is 1.00 bits per heavy atom. The molecule has 0 saturated heterocycles. The van der Waals surface area contributed by atoms with E-state index in [1.54, 1.807) is 48.9 Å². The molecule has 0 radical (unpaired) electrons. The van der Waals surface area contributed by atoms with Crippen LogP contribution in [-0.2, 0) is 0 Å². The predicted octanol–water partition coefficient (Wildman–Crippen LogP) is 5.13. The number of carbonyl (C=O) groups is 1. The summed E-state index contributed by atoms with van der Waals surface area (Å²) < 4.78 is 0. The van der Waals surface area contributed by atoms with Gasteiger partial charge in [0.2, 0.25) is 5.95 Å². The molecule has 0 fully saturated rings. The van der Waals surface area contributed by atoms with Gasteiger partial charge in [-0.05, 0) is 42.5 Å². The molecular weight excluding hydrogens is 437 g/mol. The van der Waals surface area contributed by atoms with Crippen LogP contribution in [0.5, 0.6) is 0 Å². The number of anilines is 2. The number of aliphatic hydroxyl groups excluding tert-OH is 1. The Hall–Kier alpha value is -3.39. The molecule has 0 bridgehead atoms. The number of aromatic nitrogens is 3. The van der Waals surface area contributed by atoms with Crippen molar-refractivity contribution in [2.75, 3.05) is 10.6 Å². The number of hydrogen-bond acceptors (Lipinski definition) is 5. The van der Waals surface area contributed by atoms with Crippen LogP contribution in [-0.4, -0.2) is 26.0 Å². The van der Waals surface area contributed by atoms with Gasteiger partial charge in [0, 0.05) is 35.4 Å². The average Bonchev–Trinajstić information content (AvgIpc) is 3.28. The molecule has 1 atom stereocenters. The molecule has 0 aliphatic carbocycles. The third kappa shape index (κ3) is 4.86. The molecule has 1 amide bonds. The Morgan fingerprint density at radius 3 is 2.58 bits per heavy atom. The molecule has 4 rings (SSSR count). The number of carbonyl (C=O) groups excluding carboxylic acids is 1. The highest BCUT2D eigenvalue weighted by atomic mass is 35.5. The molecule has 9 heteroatoms. The molecule has 0 aliphatic heterocycles. The van der Waals surface area contributed by atoms with Gasteiger partial charge < -0.3 is 20.7 Å². The first kappa shape index (κ1) is 20.9. The van der Waals surface area contributed by atoms with Crippen LogP contribution in [0.4, 0.5) is 11.6 Å². The molecule has 0 saturated carbocycles. The summed E-state index contributed by atoms with van der Waals surface area (Å²) >= 11 is 12.6. The fraction of sp³-hybridized carbons (Fsp3) is 0.0455. The van der Waals surface area contributed by atoms with Crippen LogP contribution >= 0.6 is 23.2 Å². The standard InChI is InChI=1S/C22H17Cl2N5O2/c23-17-7-5-14(12-16(17)19-3-1-2-8-25-19)28-21(31)15-6-4-13(11-18(15)24)20(30)29-22-26-9-10-27-22/h1-12,20,30H,(H,28,31)(H2,26,27,29). The summed E-state index contributed by atoms with van der Waals surface area (Å²) in [5.74, 6) is 0.0243. The van der Waals surface area contributed by atoms with Gasteiger partial charge in [0.05, 0.1) is 21.3 Å². The van der Waals surface area contributed by atoms with E-state index in [0.29, 0.717) is 33.5 Å². The van der Waals surface area contributed by atoms with E-state index in [0.717, 1.165) is 0 Å². The SMILES string of the molecule is O=C(Nc1ccc(Cl)c(-c2ccccn2)c1)c1ccc(C(O)Nc2ncc[nH]2)cc1Cl. The summed E-state index contributed by atoms with van der Waals surface area (Å²) in [5, 5.41) is 16.6.